The minimum atomic E-state index is 0.527. The lowest BCUT2D eigenvalue weighted by molar-refractivity contribution is 0.327. The molecule has 1 saturated carbocycles. The summed E-state index contributed by atoms with van der Waals surface area (Å²) in [7, 11) is 0. The third kappa shape index (κ3) is 2.55. The minimum Gasteiger partial charge on any atom is -0.381 e. The van der Waals surface area contributed by atoms with Crippen LogP contribution in [0.15, 0.2) is 12.3 Å². The Bertz CT molecular complexity index is 564. The van der Waals surface area contributed by atoms with Crippen LogP contribution in [-0.4, -0.2) is 24.8 Å². The summed E-state index contributed by atoms with van der Waals surface area (Å²) in [6, 6.07) is 2.65. The molecule has 0 unspecified atom stereocenters. The van der Waals surface area contributed by atoms with Crippen molar-refractivity contribution < 1.29 is 0 Å². The third-order valence-corrected chi connectivity index (χ3v) is 4.13. The SMILES string of the molecule is CCc1c(N)nnn1Cc1ccn(C2CCCCC2)n1. The molecule has 0 bridgehead atoms. The van der Waals surface area contributed by atoms with E-state index in [1.165, 1.54) is 32.1 Å². The molecule has 0 amide bonds. The number of nitrogens with two attached hydrogens (primary N) is 1. The Morgan fingerprint density at radius 1 is 1.30 bits per heavy atom. The van der Waals surface area contributed by atoms with Gasteiger partial charge in [0.2, 0.25) is 0 Å². The van der Waals surface area contributed by atoms with Gasteiger partial charge in [0.25, 0.3) is 0 Å². The molecule has 2 heterocycles. The number of hydrogen-bond acceptors (Lipinski definition) is 4. The van der Waals surface area contributed by atoms with Crippen LogP contribution in [-0.2, 0) is 13.0 Å². The standard InChI is InChI=1S/C14H22N6/c1-2-13-14(15)16-18-20(13)10-11-8-9-19(17-11)12-6-4-3-5-7-12/h8-9,12H,2-7,10,15H2,1H3. The van der Waals surface area contributed by atoms with E-state index in [1.807, 2.05) is 4.68 Å². The Balaban J connectivity index is 1.73. The number of rotatable bonds is 4. The van der Waals surface area contributed by atoms with Gasteiger partial charge in [-0.05, 0) is 25.3 Å². The Morgan fingerprint density at radius 3 is 2.85 bits per heavy atom. The normalized spacial score (nSPS) is 16.6. The van der Waals surface area contributed by atoms with E-state index in [-0.39, 0.29) is 0 Å². The van der Waals surface area contributed by atoms with Gasteiger partial charge in [-0.15, -0.1) is 5.10 Å². The molecule has 2 aromatic rings. The van der Waals surface area contributed by atoms with E-state index in [4.69, 9.17) is 10.8 Å². The summed E-state index contributed by atoms with van der Waals surface area (Å²) in [5, 5.41) is 12.7. The van der Waals surface area contributed by atoms with Crippen molar-refractivity contribution in [2.45, 2.75) is 58.0 Å². The second kappa shape index (κ2) is 5.64. The first-order chi connectivity index (χ1) is 9.78. The maximum absolute atomic E-state index is 5.81. The van der Waals surface area contributed by atoms with Crippen LogP contribution in [0.2, 0.25) is 0 Å². The summed E-state index contributed by atoms with van der Waals surface area (Å²) >= 11 is 0. The molecule has 6 nitrogen and oxygen atoms in total. The molecule has 20 heavy (non-hydrogen) atoms. The maximum Gasteiger partial charge on any atom is 0.169 e. The Kier molecular flexibility index (Phi) is 3.71. The van der Waals surface area contributed by atoms with Crippen LogP contribution in [0.5, 0.6) is 0 Å². The van der Waals surface area contributed by atoms with Crippen molar-refractivity contribution >= 4 is 5.82 Å². The molecule has 0 aliphatic heterocycles. The fourth-order valence-corrected chi connectivity index (χ4v) is 3.00. The number of nitrogen functional groups attached to an aromatic ring is 1. The quantitative estimate of drug-likeness (QED) is 0.927. The minimum absolute atomic E-state index is 0.527. The van der Waals surface area contributed by atoms with E-state index in [0.717, 1.165) is 17.8 Å². The molecular formula is C14H22N6. The van der Waals surface area contributed by atoms with E-state index < -0.39 is 0 Å². The highest BCUT2D eigenvalue weighted by molar-refractivity contribution is 5.32. The average Bonchev–Trinajstić information content (AvgIpc) is 3.08. The molecule has 3 rings (SSSR count). The van der Waals surface area contributed by atoms with Crippen molar-refractivity contribution in [3.05, 3.63) is 23.7 Å². The predicted octanol–water partition coefficient (Wildman–Crippen LogP) is 2.17. The zero-order valence-corrected chi connectivity index (χ0v) is 12.0. The fraction of sp³-hybridized carbons (Fsp3) is 0.643. The lowest BCUT2D eigenvalue weighted by Crippen LogP contribution is -2.14. The zero-order chi connectivity index (χ0) is 13.9. The molecule has 0 radical (unpaired) electrons. The highest BCUT2D eigenvalue weighted by atomic mass is 15.4. The van der Waals surface area contributed by atoms with E-state index in [1.54, 1.807) is 0 Å². The molecular weight excluding hydrogens is 252 g/mol. The number of nitrogens with zero attached hydrogens (tertiary/aromatic N) is 5. The number of aromatic nitrogens is 5. The predicted molar refractivity (Wildman–Crippen MR) is 77.3 cm³/mol. The first-order valence-corrected chi connectivity index (χ1v) is 7.49. The van der Waals surface area contributed by atoms with Crippen LogP contribution in [0.25, 0.3) is 0 Å². The summed E-state index contributed by atoms with van der Waals surface area (Å²) in [4.78, 5) is 0. The Hall–Kier alpha value is -1.85. The summed E-state index contributed by atoms with van der Waals surface area (Å²) in [5.41, 5.74) is 7.81. The summed E-state index contributed by atoms with van der Waals surface area (Å²) < 4.78 is 3.98. The van der Waals surface area contributed by atoms with Gasteiger partial charge in [0.15, 0.2) is 5.82 Å². The van der Waals surface area contributed by atoms with Gasteiger partial charge < -0.3 is 5.73 Å². The molecule has 0 spiro atoms. The molecule has 2 N–H and O–H groups in total. The van der Waals surface area contributed by atoms with Crippen LogP contribution >= 0.6 is 0 Å². The van der Waals surface area contributed by atoms with E-state index in [9.17, 15) is 0 Å². The van der Waals surface area contributed by atoms with Crippen molar-refractivity contribution in [1.29, 1.82) is 0 Å². The lowest BCUT2D eigenvalue weighted by Gasteiger charge is -2.21. The first kappa shape index (κ1) is 13.1. The lowest BCUT2D eigenvalue weighted by atomic mass is 9.96. The summed E-state index contributed by atoms with van der Waals surface area (Å²) in [5.74, 6) is 0.527. The monoisotopic (exact) mass is 274 g/mol. The topological polar surface area (TPSA) is 74.5 Å². The van der Waals surface area contributed by atoms with Crippen molar-refractivity contribution in [2.75, 3.05) is 5.73 Å². The highest BCUT2D eigenvalue weighted by Gasteiger charge is 2.16. The molecule has 0 saturated heterocycles. The second-order valence-corrected chi connectivity index (χ2v) is 5.51. The molecule has 108 valence electrons. The molecule has 0 aromatic carbocycles. The number of hydrogen-bond donors (Lipinski definition) is 1. The van der Waals surface area contributed by atoms with E-state index in [0.29, 0.717) is 18.4 Å². The Morgan fingerprint density at radius 2 is 2.10 bits per heavy atom. The van der Waals surface area contributed by atoms with E-state index >= 15 is 0 Å². The molecule has 1 fully saturated rings. The molecule has 2 aromatic heterocycles. The van der Waals surface area contributed by atoms with Gasteiger partial charge in [-0.1, -0.05) is 31.4 Å². The van der Waals surface area contributed by atoms with Gasteiger partial charge in [0.1, 0.15) is 0 Å². The average molecular weight is 274 g/mol. The van der Waals surface area contributed by atoms with Crippen LogP contribution < -0.4 is 5.73 Å². The second-order valence-electron chi connectivity index (χ2n) is 5.51. The van der Waals surface area contributed by atoms with Crippen molar-refractivity contribution in [3.63, 3.8) is 0 Å². The van der Waals surface area contributed by atoms with Gasteiger partial charge in [-0.2, -0.15) is 5.10 Å². The van der Waals surface area contributed by atoms with Crippen molar-refractivity contribution in [2.24, 2.45) is 0 Å². The molecule has 6 heteroatoms. The highest BCUT2D eigenvalue weighted by Crippen LogP contribution is 2.27. The van der Waals surface area contributed by atoms with Gasteiger partial charge >= 0.3 is 0 Å². The molecule has 1 aliphatic carbocycles. The van der Waals surface area contributed by atoms with Gasteiger partial charge in [0, 0.05) is 6.20 Å². The van der Waals surface area contributed by atoms with Gasteiger partial charge in [0.05, 0.1) is 24.0 Å². The van der Waals surface area contributed by atoms with Crippen LogP contribution in [0.4, 0.5) is 5.82 Å². The third-order valence-electron chi connectivity index (χ3n) is 4.13. The zero-order valence-electron chi connectivity index (χ0n) is 12.0. The number of anilines is 1. The molecule has 0 atom stereocenters. The largest absolute Gasteiger partial charge is 0.381 e. The van der Waals surface area contributed by atoms with Crippen molar-refractivity contribution in [3.8, 4) is 0 Å². The van der Waals surface area contributed by atoms with Gasteiger partial charge in [-0.25, -0.2) is 4.68 Å². The van der Waals surface area contributed by atoms with E-state index in [2.05, 4.69) is 34.2 Å². The first-order valence-electron chi connectivity index (χ1n) is 7.49. The summed E-state index contributed by atoms with van der Waals surface area (Å²) in [6.07, 6.45) is 9.43. The van der Waals surface area contributed by atoms with Crippen molar-refractivity contribution in [1.82, 2.24) is 24.8 Å². The maximum atomic E-state index is 5.81. The fourth-order valence-electron chi connectivity index (χ4n) is 3.00. The summed E-state index contributed by atoms with van der Waals surface area (Å²) in [6.45, 7) is 2.71. The van der Waals surface area contributed by atoms with Crippen LogP contribution in [0, 0.1) is 0 Å². The smallest absolute Gasteiger partial charge is 0.169 e. The molecule has 1 aliphatic rings. The Labute approximate surface area is 119 Å². The van der Waals surface area contributed by atoms with Gasteiger partial charge in [-0.3, -0.25) is 4.68 Å². The van der Waals surface area contributed by atoms with Crippen LogP contribution in [0.3, 0.4) is 0 Å². The van der Waals surface area contributed by atoms with Crippen LogP contribution in [0.1, 0.15) is 56.5 Å².